The van der Waals surface area contributed by atoms with E-state index in [2.05, 4.69) is 10.9 Å². The lowest BCUT2D eigenvalue weighted by atomic mass is 10.1. The number of ether oxygens (including phenoxy) is 1. The number of fused-ring (bicyclic) bond motifs is 1. The second-order valence-electron chi connectivity index (χ2n) is 6.96. The van der Waals surface area contributed by atoms with Crippen molar-refractivity contribution in [3.63, 3.8) is 0 Å². The van der Waals surface area contributed by atoms with Crippen molar-refractivity contribution in [1.29, 1.82) is 0 Å². The Balaban J connectivity index is 1.38. The number of carbonyl (C=O) groups excluding carboxylic acids is 2. The molecule has 2 N–H and O–H groups in total. The van der Waals surface area contributed by atoms with Gasteiger partial charge in [0.1, 0.15) is 5.75 Å². The predicted molar refractivity (Wildman–Crippen MR) is 105 cm³/mol. The van der Waals surface area contributed by atoms with Gasteiger partial charge in [-0.05, 0) is 60.9 Å². The average molecular weight is 415 g/mol. The van der Waals surface area contributed by atoms with Gasteiger partial charge >= 0.3 is 0 Å². The van der Waals surface area contributed by atoms with Crippen LogP contribution < -0.4 is 15.6 Å². The van der Waals surface area contributed by atoms with Crippen molar-refractivity contribution in [3.8, 4) is 5.75 Å². The molecule has 152 valence electrons. The molecule has 0 aliphatic carbocycles. The van der Waals surface area contributed by atoms with Crippen molar-refractivity contribution in [3.05, 3.63) is 59.2 Å². The standard InChI is InChI=1S/C20H21N3O5S/c24-19(21-22-20(25)16-5-8-18-15(13-16)9-12-28-18)14-3-6-17(7-4-14)29(26,27)23-10-1-2-11-23/h3-8,13H,1-2,9-12H2,(H,21,24)(H,22,25). The van der Waals surface area contributed by atoms with Crippen LogP contribution in [0, 0.1) is 0 Å². The van der Waals surface area contributed by atoms with Crippen molar-refractivity contribution < 1.29 is 22.7 Å². The van der Waals surface area contributed by atoms with Gasteiger partial charge in [0.2, 0.25) is 10.0 Å². The fraction of sp³-hybridized carbons (Fsp3) is 0.300. The molecule has 0 spiro atoms. The Labute approximate surface area is 168 Å². The first kappa shape index (κ1) is 19.4. The number of amides is 2. The Hall–Kier alpha value is -2.91. The first-order chi connectivity index (χ1) is 13.9. The van der Waals surface area contributed by atoms with Gasteiger partial charge in [-0.2, -0.15) is 4.31 Å². The fourth-order valence-corrected chi connectivity index (χ4v) is 4.96. The number of hydrazine groups is 1. The van der Waals surface area contributed by atoms with Crippen LogP contribution in [0.1, 0.15) is 39.1 Å². The maximum atomic E-state index is 12.5. The van der Waals surface area contributed by atoms with E-state index >= 15 is 0 Å². The molecule has 1 saturated heterocycles. The average Bonchev–Trinajstić information content (AvgIpc) is 3.43. The first-order valence-electron chi connectivity index (χ1n) is 9.42. The van der Waals surface area contributed by atoms with Gasteiger partial charge < -0.3 is 4.74 Å². The van der Waals surface area contributed by atoms with Gasteiger partial charge in [-0.3, -0.25) is 20.4 Å². The number of benzene rings is 2. The van der Waals surface area contributed by atoms with Gasteiger partial charge in [0.25, 0.3) is 11.8 Å². The van der Waals surface area contributed by atoms with Crippen LogP contribution in [0.15, 0.2) is 47.4 Å². The second kappa shape index (κ2) is 7.84. The second-order valence-corrected chi connectivity index (χ2v) is 8.90. The third-order valence-corrected chi connectivity index (χ3v) is 6.97. The summed E-state index contributed by atoms with van der Waals surface area (Å²) >= 11 is 0. The molecule has 2 aromatic rings. The Kier molecular flexibility index (Phi) is 5.25. The topological polar surface area (TPSA) is 105 Å². The zero-order chi connectivity index (χ0) is 20.4. The number of nitrogens with zero attached hydrogens (tertiary/aromatic N) is 1. The van der Waals surface area contributed by atoms with E-state index < -0.39 is 21.8 Å². The highest BCUT2D eigenvalue weighted by molar-refractivity contribution is 7.89. The third kappa shape index (κ3) is 3.96. The van der Waals surface area contributed by atoms with Crippen LogP contribution in [-0.2, 0) is 16.4 Å². The summed E-state index contributed by atoms with van der Waals surface area (Å²) in [7, 11) is -3.53. The maximum Gasteiger partial charge on any atom is 0.269 e. The molecule has 0 aromatic heterocycles. The van der Waals surface area contributed by atoms with E-state index in [1.54, 1.807) is 18.2 Å². The quantitative estimate of drug-likeness (QED) is 0.736. The molecule has 0 bridgehead atoms. The number of carbonyl (C=O) groups is 2. The van der Waals surface area contributed by atoms with E-state index in [4.69, 9.17) is 4.74 Å². The molecule has 0 saturated carbocycles. The molecule has 9 heteroatoms. The summed E-state index contributed by atoms with van der Waals surface area (Å²) in [6, 6.07) is 10.8. The van der Waals surface area contributed by atoms with E-state index in [0.29, 0.717) is 25.3 Å². The fourth-order valence-electron chi connectivity index (χ4n) is 3.44. The maximum absolute atomic E-state index is 12.5. The molecular formula is C20H21N3O5S. The van der Waals surface area contributed by atoms with E-state index in [9.17, 15) is 18.0 Å². The normalized spacial score (nSPS) is 16.1. The summed E-state index contributed by atoms with van der Waals surface area (Å²) in [4.78, 5) is 24.7. The lowest BCUT2D eigenvalue weighted by molar-refractivity contribution is 0.0846. The molecule has 2 amide bonds. The Morgan fingerprint density at radius 1 is 0.897 bits per heavy atom. The lowest BCUT2D eigenvalue weighted by Crippen LogP contribution is -2.41. The molecular weight excluding hydrogens is 394 g/mol. The van der Waals surface area contributed by atoms with Crippen LogP contribution in [0.3, 0.4) is 0 Å². The summed E-state index contributed by atoms with van der Waals surface area (Å²) in [5.74, 6) is -0.205. The smallest absolute Gasteiger partial charge is 0.269 e. The highest BCUT2D eigenvalue weighted by atomic mass is 32.2. The highest BCUT2D eigenvalue weighted by Gasteiger charge is 2.27. The summed E-state index contributed by atoms with van der Waals surface area (Å²) < 4.78 is 31.9. The van der Waals surface area contributed by atoms with Gasteiger partial charge in [0.15, 0.2) is 0 Å². The van der Waals surface area contributed by atoms with Crippen LogP contribution in [0.5, 0.6) is 5.75 Å². The summed E-state index contributed by atoms with van der Waals surface area (Å²) in [6.45, 7) is 1.64. The number of sulfonamides is 1. The zero-order valence-electron chi connectivity index (χ0n) is 15.7. The monoisotopic (exact) mass is 415 g/mol. The molecule has 2 aliphatic rings. The van der Waals surface area contributed by atoms with E-state index in [1.807, 2.05) is 0 Å². The van der Waals surface area contributed by atoms with Crippen LogP contribution in [0.2, 0.25) is 0 Å². The molecule has 2 heterocycles. The van der Waals surface area contributed by atoms with Crippen molar-refractivity contribution in [1.82, 2.24) is 15.2 Å². The van der Waals surface area contributed by atoms with Gasteiger partial charge in [-0.1, -0.05) is 0 Å². The number of hydrogen-bond acceptors (Lipinski definition) is 5. The van der Waals surface area contributed by atoms with Crippen LogP contribution >= 0.6 is 0 Å². The largest absolute Gasteiger partial charge is 0.493 e. The SMILES string of the molecule is O=C(NNC(=O)c1ccc2c(c1)CCO2)c1ccc(S(=O)(=O)N2CCCC2)cc1. The third-order valence-electron chi connectivity index (χ3n) is 5.06. The Morgan fingerprint density at radius 2 is 1.52 bits per heavy atom. The van der Waals surface area contributed by atoms with E-state index in [1.165, 1.54) is 28.6 Å². The van der Waals surface area contributed by atoms with Crippen LogP contribution in [0.4, 0.5) is 0 Å². The van der Waals surface area contributed by atoms with Crippen LogP contribution in [0.25, 0.3) is 0 Å². The molecule has 8 nitrogen and oxygen atoms in total. The zero-order valence-corrected chi connectivity index (χ0v) is 16.5. The number of nitrogens with one attached hydrogen (secondary N) is 2. The molecule has 0 atom stereocenters. The molecule has 0 unspecified atom stereocenters. The van der Waals surface area contributed by atoms with Gasteiger partial charge in [0.05, 0.1) is 11.5 Å². The minimum atomic E-state index is -3.53. The van der Waals surface area contributed by atoms with Gasteiger partial charge in [0, 0.05) is 30.6 Å². The molecule has 0 radical (unpaired) electrons. The number of rotatable bonds is 4. The molecule has 1 fully saturated rings. The van der Waals surface area contributed by atoms with E-state index in [-0.39, 0.29) is 10.5 Å². The number of hydrogen-bond donors (Lipinski definition) is 2. The summed E-state index contributed by atoms with van der Waals surface area (Å²) in [6.07, 6.45) is 2.46. The molecule has 4 rings (SSSR count). The summed E-state index contributed by atoms with van der Waals surface area (Å²) in [5, 5.41) is 0. The molecule has 29 heavy (non-hydrogen) atoms. The van der Waals surface area contributed by atoms with Crippen molar-refractivity contribution in [2.45, 2.75) is 24.2 Å². The van der Waals surface area contributed by atoms with Gasteiger partial charge in [-0.25, -0.2) is 8.42 Å². The van der Waals surface area contributed by atoms with Crippen LogP contribution in [-0.4, -0.2) is 44.2 Å². The first-order valence-corrected chi connectivity index (χ1v) is 10.9. The minimum Gasteiger partial charge on any atom is -0.493 e. The minimum absolute atomic E-state index is 0.153. The van der Waals surface area contributed by atoms with Crippen molar-refractivity contribution in [2.75, 3.05) is 19.7 Å². The molecule has 2 aliphatic heterocycles. The Morgan fingerprint density at radius 3 is 2.21 bits per heavy atom. The lowest BCUT2D eigenvalue weighted by Gasteiger charge is -2.15. The predicted octanol–water partition coefficient (Wildman–Crippen LogP) is 1.48. The molecule has 2 aromatic carbocycles. The van der Waals surface area contributed by atoms with Crippen molar-refractivity contribution in [2.24, 2.45) is 0 Å². The van der Waals surface area contributed by atoms with E-state index in [0.717, 1.165) is 30.6 Å². The highest BCUT2D eigenvalue weighted by Crippen LogP contribution is 2.25. The van der Waals surface area contributed by atoms with Gasteiger partial charge in [-0.15, -0.1) is 0 Å². The summed E-state index contributed by atoms with van der Waals surface area (Å²) in [5.41, 5.74) is 6.34. The van der Waals surface area contributed by atoms with Crippen molar-refractivity contribution >= 4 is 21.8 Å². The Bertz CT molecular complexity index is 1040.